The van der Waals surface area contributed by atoms with E-state index in [9.17, 15) is 19.5 Å². The van der Waals surface area contributed by atoms with E-state index in [1.165, 1.54) is 7.11 Å². The van der Waals surface area contributed by atoms with Crippen molar-refractivity contribution in [1.29, 1.82) is 0 Å². The first kappa shape index (κ1) is 25.2. The summed E-state index contributed by atoms with van der Waals surface area (Å²) in [6, 6.07) is 20.1. The van der Waals surface area contributed by atoms with Crippen LogP contribution in [0, 0.1) is 6.92 Å². The minimum atomic E-state index is -0.485. The number of methoxy groups -OCH3 is 1. The van der Waals surface area contributed by atoms with Crippen LogP contribution in [0.1, 0.15) is 50.2 Å². The minimum absolute atomic E-state index is 0.113. The topological polar surface area (TPSA) is 108 Å². The Bertz CT molecular complexity index is 1430. The zero-order valence-electron chi connectivity index (χ0n) is 21.3. The summed E-state index contributed by atoms with van der Waals surface area (Å²) < 4.78 is 4.88. The van der Waals surface area contributed by atoms with Gasteiger partial charge in [0.1, 0.15) is 0 Å². The van der Waals surface area contributed by atoms with E-state index in [1.54, 1.807) is 42.2 Å². The second-order valence-corrected chi connectivity index (χ2v) is 9.52. The first-order valence-electron chi connectivity index (χ1n) is 12.5. The van der Waals surface area contributed by atoms with Crippen LogP contribution in [0.4, 0.5) is 11.4 Å². The Morgan fingerprint density at radius 3 is 2.47 bits per heavy atom. The number of β-amino-alcohol motifs (C(OH)–C–C–N with tert-alkyl or cyclic N) is 1. The summed E-state index contributed by atoms with van der Waals surface area (Å²) in [6.45, 7) is 2.78. The van der Waals surface area contributed by atoms with Crippen LogP contribution in [0.5, 0.6) is 0 Å². The van der Waals surface area contributed by atoms with Gasteiger partial charge >= 0.3 is 5.97 Å². The highest BCUT2D eigenvalue weighted by Gasteiger charge is 2.30. The number of aryl methyl sites for hydroxylation is 1. The Morgan fingerprint density at radius 1 is 1.05 bits per heavy atom. The Labute approximate surface area is 220 Å². The monoisotopic (exact) mass is 511 g/mol. The summed E-state index contributed by atoms with van der Waals surface area (Å²) in [5.74, 6) is -0.867. The van der Waals surface area contributed by atoms with Crippen molar-refractivity contribution in [2.45, 2.75) is 25.9 Å². The molecule has 0 aliphatic carbocycles. The molecule has 2 aliphatic rings. The van der Waals surface area contributed by atoms with Crippen molar-refractivity contribution in [3.05, 3.63) is 94.5 Å². The Kier molecular flexibility index (Phi) is 6.98. The number of carbonyl (C=O) groups excluding carboxylic acids is 3. The van der Waals surface area contributed by atoms with E-state index in [4.69, 9.17) is 4.74 Å². The second-order valence-electron chi connectivity index (χ2n) is 9.52. The fourth-order valence-corrected chi connectivity index (χ4v) is 4.95. The number of nitrogens with one attached hydrogen (secondary N) is 2. The fraction of sp³-hybridized carbons (Fsp3) is 0.233. The first-order valence-corrected chi connectivity index (χ1v) is 12.5. The molecule has 3 aromatic rings. The molecule has 0 aromatic heterocycles. The molecule has 38 heavy (non-hydrogen) atoms. The van der Waals surface area contributed by atoms with E-state index in [2.05, 4.69) is 10.6 Å². The highest BCUT2D eigenvalue weighted by Crippen LogP contribution is 2.39. The zero-order valence-corrected chi connectivity index (χ0v) is 21.3. The molecule has 3 N–H and O–H groups in total. The number of likely N-dealkylation sites (tertiary alicyclic amines) is 1. The van der Waals surface area contributed by atoms with Crippen molar-refractivity contribution in [2.24, 2.45) is 0 Å². The van der Waals surface area contributed by atoms with Gasteiger partial charge in [-0.05, 0) is 67.3 Å². The molecule has 0 saturated carbocycles. The summed E-state index contributed by atoms with van der Waals surface area (Å²) in [4.78, 5) is 40.0. The molecule has 1 fully saturated rings. The number of anilines is 2. The standard InChI is InChI=1S/C30H29N3O5/c1-18-15-24-25(16-23(18)30(37)38-2)32-28(35)26(24)27(19-7-4-3-5-8-19)31-21-12-10-20(11-13-21)29(36)33-14-6-9-22(34)17-33/h3-5,7-8,10-13,15-16,22,31,34H,6,9,14,17H2,1-2H3,(H,32,35)/b27-26-. The summed E-state index contributed by atoms with van der Waals surface area (Å²) in [5.41, 5.74) is 5.41. The van der Waals surface area contributed by atoms with Gasteiger partial charge in [-0.2, -0.15) is 0 Å². The minimum Gasteiger partial charge on any atom is -0.465 e. The number of hydrogen-bond acceptors (Lipinski definition) is 6. The smallest absolute Gasteiger partial charge is 0.338 e. The molecule has 2 amide bonds. The molecule has 8 heteroatoms. The van der Waals surface area contributed by atoms with Gasteiger partial charge in [0.25, 0.3) is 11.8 Å². The van der Waals surface area contributed by atoms with E-state index in [0.717, 1.165) is 12.0 Å². The van der Waals surface area contributed by atoms with E-state index >= 15 is 0 Å². The lowest BCUT2D eigenvalue weighted by molar-refractivity contribution is -0.110. The number of aliphatic hydroxyl groups is 1. The maximum absolute atomic E-state index is 13.2. The van der Waals surface area contributed by atoms with Gasteiger partial charge in [-0.25, -0.2) is 4.79 Å². The number of rotatable bonds is 5. The third kappa shape index (κ3) is 4.90. The molecule has 194 valence electrons. The van der Waals surface area contributed by atoms with Crippen molar-refractivity contribution in [1.82, 2.24) is 4.90 Å². The molecule has 0 radical (unpaired) electrons. The number of nitrogens with zero attached hydrogens (tertiary/aromatic N) is 1. The fourth-order valence-electron chi connectivity index (χ4n) is 4.95. The molecule has 1 saturated heterocycles. The average Bonchev–Trinajstić information content (AvgIpc) is 3.25. The van der Waals surface area contributed by atoms with Crippen LogP contribution in [0.2, 0.25) is 0 Å². The lowest BCUT2D eigenvalue weighted by atomic mass is 9.96. The third-order valence-electron chi connectivity index (χ3n) is 6.91. The molecule has 2 aliphatic heterocycles. The Balaban J connectivity index is 1.51. The normalized spacial score (nSPS) is 17.9. The maximum atomic E-state index is 13.2. The van der Waals surface area contributed by atoms with Gasteiger partial charge in [-0.3, -0.25) is 9.59 Å². The summed E-state index contributed by atoms with van der Waals surface area (Å²) >= 11 is 0. The zero-order chi connectivity index (χ0) is 26.8. The van der Waals surface area contributed by atoms with Gasteiger partial charge in [0, 0.05) is 29.9 Å². The van der Waals surface area contributed by atoms with Crippen LogP contribution in [-0.4, -0.2) is 54.1 Å². The SMILES string of the molecule is COC(=O)c1cc2c(cc1C)/C(=C(/Nc1ccc(C(=O)N3CCCC(O)C3)cc1)c1ccccc1)C(=O)N2. The quantitative estimate of drug-likeness (QED) is 0.348. The number of ether oxygens (including phenoxy) is 1. The van der Waals surface area contributed by atoms with Crippen LogP contribution in [0.25, 0.3) is 11.3 Å². The average molecular weight is 512 g/mol. The second kappa shape index (κ2) is 10.5. The van der Waals surface area contributed by atoms with Crippen LogP contribution in [0.3, 0.4) is 0 Å². The number of carbonyl (C=O) groups is 3. The number of amides is 2. The van der Waals surface area contributed by atoms with Crippen LogP contribution >= 0.6 is 0 Å². The first-order chi connectivity index (χ1) is 18.4. The molecular formula is C30H29N3O5. The maximum Gasteiger partial charge on any atom is 0.338 e. The van der Waals surface area contributed by atoms with E-state index in [-0.39, 0.29) is 11.8 Å². The number of esters is 1. The molecular weight excluding hydrogens is 482 g/mol. The highest BCUT2D eigenvalue weighted by molar-refractivity contribution is 6.37. The predicted octanol–water partition coefficient (Wildman–Crippen LogP) is 4.31. The Morgan fingerprint density at radius 2 is 1.79 bits per heavy atom. The molecule has 1 unspecified atom stereocenters. The molecule has 3 aromatic carbocycles. The predicted molar refractivity (Wildman–Crippen MR) is 146 cm³/mol. The number of fused-ring (bicyclic) bond motifs is 1. The van der Waals surface area contributed by atoms with Gasteiger partial charge in [0.05, 0.1) is 35.7 Å². The number of benzene rings is 3. The summed E-state index contributed by atoms with van der Waals surface area (Å²) in [6.07, 6.45) is 1.01. The van der Waals surface area contributed by atoms with E-state index < -0.39 is 12.1 Å². The van der Waals surface area contributed by atoms with Gasteiger partial charge < -0.3 is 25.4 Å². The molecule has 0 spiro atoms. The summed E-state index contributed by atoms with van der Waals surface area (Å²) in [5, 5.41) is 16.2. The van der Waals surface area contributed by atoms with Crippen molar-refractivity contribution in [2.75, 3.05) is 30.8 Å². The third-order valence-corrected chi connectivity index (χ3v) is 6.91. The van der Waals surface area contributed by atoms with Crippen molar-refractivity contribution >= 4 is 40.4 Å². The van der Waals surface area contributed by atoms with Crippen LogP contribution in [0.15, 0.2) is 66.7 Å². The van der Waals surface area contributed by atoms with Gasteiger partial charge in [-0.15, -0.1) is 0 Å². The highest BCUT2D eigenvalue weighted by atomic mass is 16.5. The molecule has 1 atom stereocenters. The summed E-state index contributed by atoms with van der Waals surface area (Å²) in [7, 11) is 1.32. The van der Waals surface area contributed by atoms with Crippen molar-refractivity contribution in [3.63, 3.8) is 0 Å². The van der Waals surface area contributed by atoms with Crippen molar-refractivity contribution < 1.29 is 24.2 Å². The van der Waals surface area contributed by atoms with E-state index in [0.29, 0.717) is 64.4 Å². The van der Waals surface area contributed by atoms with Gasteiger partial charge in [0.2, 0.25) is 0 Å². The lowest BCUT2D eigenvalue weighted by Gasteiger charge is -2.30. The Hall–Kier alpha value is -4.43. The number of aliphatic hydroxyl groups excluding tert-OH is 1. The molecule has 8 nitrogen and oxygen atoms in total. The molecule has 5 rings (SSSR count). The molecule has 0 bridgehead atoms. The van der Waals surface area contributed by atoms with E-state index in [1.807, 2.05) is 36.4 Å². The lowest BCUT2D eigenvalue weighted by Crippen LogP contribution is -2.42. The van der Waals surface area contributed by atoms with Gasteiger partial charge in [0.15, 0.2) is 0 Å². The van der Waals surface area contributed by atoms with Crippen LogP contribution < -0.4 is 10.6 Å². The van der Waals surface area contributed by atoms with Crippen molar-refractivity contribution in [3.8, 4) is 0 Å². The molecule has 2 heterocycles. The number of hydrogen-bond donors (Lipinski definition) is 3. The number of piperidine rings is 1. The van der Waals surface area contributed by atoms with Gasteiger partial charge in [-0.1, -0.05) is 30.3 Å². The van der Waals surface area contributed by atoms with Crippen LogP contribution in [-0.2, 0) is 9.53 Å². The largest absolute Gasteiger partial charge is 0.465 e.